The van der Waals surface area contributed by atoms with Crippen molar-refractivity contribution in [2.45, 2.75) is 109 Å². The minimum atomic E-state index is -1.26. The maximum absolute atomic E-state index is 17.2. The Morgan fingerprint density at radius 3 is 2.49 bits per heavy atom. The molecule has 3 fully saturated rings. The van der Waals surface area contributed by atoms with E-state index in [1.807, 2.05) is 77.2 Å². The molecule has 3 amide bonds. The summed E-state index contributed by atoms with van der Waals surface area (Å²) < 4.78 is 38.2. The number of hydrogen-bond acceptors (Lipinski definition) is 12. The quantitative estimate of drug-likeness (QED) is 0.130. The normalized spacial score (nSPS) is 24.4. The molecule has 3 N–H and O–H groups in total. The number of hydrazine groups is 1. The standard InChI is InChI=1S/C58H71FN8O8/c1-9-66-46-30-43(59)40-29-41(46)47-48(53(73-8)49-42(51(47)66)28-37(31-60-49)65-21-19-63(6)20-22-65)58(4,5)32-75-57(72)44-16-13-18-67(62-44)55(70)45(26-34-24-36(40)27-38(68)25-34)61-54(69)50(33(2)3)64(7)56(71)52-39(17-23-74-52)35-14-11-10-12-15-35/h10-12,14-15,24-25,27-31,33,39,44-45,48,50,52-53,62,68H,9,13,16-23,26,32H2,1-8H3,(H,61,69)/t39-,44+,45+,48?,50+,52-,53+/m1/s1. The lowest BCUT2D eigenvalue weighted by Gasteiger charge is -2.43. The van der Waals surface area contributed by atoms with Crippen molar-refractivity contribution in [3.05, 3.63) is 101 Å². The van der Waals surface area contributed by atoms with Crippen LogP contribution >= 0.6 is 0 Å². The lowest BCUT2D eigenvalue weighted by Crippen LogP contribution is -2.62. The highest BCUT2D eigenvalue weighted by Gasteiger charge is 2.49. The van der Waals surface area contributed by atoms with Crippen molar-refractivity contribution in [3.8, 4) is 28.1 Å². The van der Waals surface area contributed by atoms with Gasteiger partial charge in [0.2, 0.25) is 5.91 Å². The van der Waals surface area contributed by atoms with Gasteiger partial charge in [0.25, 0.3) is 11.8 Å². The number of amides is 3. The molecule has 0 radical (unpaired) electrons. The van der Waals surface area contributed by atoms with Crippen molar-refractivity contribution < 1.29 is 42.9 Å². The number of pyridine rings is 1. The number of methoxy groups -OCH3 is 1. The molecule has 16 nitrogen and oxygen atoms in total. The van der Waals surface area contributed by atoms with Crippen LogP contribution in [0.4, 0.5) is 10.1 Å². The number of carbonyl (C=O) groups excluding carboxylic acids is 4. The topological polar surface area (TPSA) is 171 Å². The number of ether oxygens (including phenoxy) is 3. The fourth-order valence-corrected chi connectivity index (χ4v) is 12.6. The zero-order valence-corrected chi connectivity index (χ0v) is 44.4. The number of aromatic nitrogens is 2. The van der Waals surface area contributed by atoms with E-state index in [9.17, 15) is 24.3 Å². The minimum absolute atomic E-state index is 0.0289. The van der Waals surface area contributed by atoms with Crippen molar-refractivity contribution in [1.29, 1.82) is 0 Å². The van der Waals surface area contributed by atoms with Crippen LogP contribution in [0.2, 0.25) is 0 Å². The second-order valence-corrected chi connectivity index (χ2v) is 22.2. The van der Waals surface area contributed by atoms with Gasteiger partial charge in [-0.05, 0) is 91.7 Å². The van der Waals surface area contributed by atoms with Gasteiger partial charge in [-0.25, -0.2) is 9.82 Å². The number of halogens is 1. The number of carbonyl (C=O) groups is 4. The minimum Gasteiger partial charge on any atom is -0.508 e. The summed E-state index contributed by atoms with van der Waals surface area (Å²) in [5.41, 5.74) is 9.44. The third kappa shape index (κ3) is 9.77. The fourth-order valence-electron chi connectivity index (χ4n) is 12.6. The van der Waals surface area contributed by atoms with Gasteiger partial charge >= 0.3 is 5.97 Å². The Hall–Kier alpha value is -6.40. The van der Waals surface area contributed by atoms with E-state index in [4.69, 9.17) is 19.2 Å². The molecule has 5 aromatic rings. The second kappa shape index (κ2) is 21.0. The van der Waals surface area contributed by atoms with Gasteiger partial charge in [0.05, 0.1) is 35.4 Å². The molecule has 0 spiro atoms. The third-order valence-electron chi connectivity index (χ3n) is 16.4. The number of aryl methyl sites for hydroxylation is 1. The highest BCUT2D eigenvalue weighted by molar-refractivity contribution is 5.98. The Kier molecular flexibility index (Phi) is 14.6. The molecular weight excluding hydrogens is 956 g/mol. The van der Waals surface area contributed by atoms with Gasteiger partial charge in [-0.3, -0.25) is 29.2 Å². The van der Waals surface area contributed by atoms with E-state index >= 15 is 4.39 Å². The van der Waals surface area contributed by atoms with Crippen molar-refractivity contribution in [2.75, 3.05) is 72.0 Å². The van der Waals surface area contributed by atoms with Crippen LogP contribution < -0.4 is 15.6 Å². The van der Waals surface area contributed by atoms with Crippen LogP contribution in [0.3, 0.4) is 0 Å². The molecule has 5 aliphatic rings. The van der Waals surface area contributed by atoms with Gasteiger partial charge in [-0.2, -0.15) is 0 Å². The van der Waals surface area contributed by atoms with Gasteiger partial charge < -0.3 is 43.9 Å². The van der Waals surface area contributed by atoms with E-state index in [2.05, 4.69) is 38.2 Å². The number of piperazine rings is 1. The molecule has 2 aromatic heterocycles. The van der Waals surface area contributed by atoms with Gasteiger partial charge in [-0.1, -0.05) is 64.1 Å². The molecule has 0 saturated carbocycles. The number of cyclic esters (lactones) is 1. The number of fused-ring (bicyclic) bond motifs is 8. The lowest BCUT2D eigenvalue weighted by molar-refractivity contribution is -0.156. The molecular formula is C58H71FN8O8. The van der Waals surface area contributed by atoms with E-state index < -0.39 is 65.3 Å². The van der Waals surface area contributed by atoms with Crippen LogP contribution in [0, 0.1) is 17.2 Å². The second-order valence-electron chi connectivity index (χ2n) is 22.2. The maximum atomic E-state index is 17.2. The number of nitrogens with one attached hydrogen (secondary N) is 2. The van der Waals surface area contributed by atoms with Crippen molar-refractivity contribution in [3.63, 3.8) is 0 Å². The van der Waals surface area contributed by atoms with Crippen molar-refractivity contribution in [2.24, 2.45) is 11.3 Å². The first kappa shape index (κ1) is 52.1. The first-order valence-electron chi connectivity index (χ1n) is 26.6. The van der Waals surface area contributed by atoms with Crippen LogP contribution in [0.1, 0.15) is 94.2 Å². The summed E-state index contributed by atoms with van der Waals surface area (Å²) >= 11 is 0. The number of phenols is 1. The maximum Gasteiger partial charge on any atom is 0.324 e. The zero-order chi connectivity index (χ0) is 53.0. The molecule has 1 unspecified atom stereocenters. The number of benzene rings is 3. The van der Waals surface area contributed by atoms with Gasteiger partial charge in [0, 0.05) is 100 Å². The van der Waals surface area contributed by atoms with Crippen LogP contribution in [-0.4, -0.2) is 145 Å². The first-order chi connectivity index (χ1) is 36.0. The summed E-state index contributed by atoms with van der Waals surface area (Å²) in [4.78, 5) is 69.7. The molecule has 6 heterocycles. The van der Waals surface area contributed by atoms with E-state index in [0.717, 1.165) is 65.3 Å². The molecule has 1 aliphatic carbocycles. The molecule has 6 bridgehead atoms. The summed E-state index contributed by atoms with van der Waals surface area (Å²) in [6, 6.07) is 16.9. The van der Waals surface area contributed by atoms with E-state index in [1.165, 1.54) is 22.0 Å². The van der Waals surface area contributed by atoms with Crippen LogP contribution in [-0.2, 0) is 46.4 Å². The highest BCUT2D eigenvalue weighted by Crippen LogP contribution is 2.58. The molecule has 7 atom stereocenters. The summed E-state index contributed by atoms with van der Waals surface area (Å²) in [6.07, 6.45) is 1.90. The Morgan fingerprint density at radius 1 is 1.01 bits per heavy atom. The number of likely N-dealkylation sites (N-methyl/N-ethyl adjacent to an activating group) is 2. The summed E-state index contributed by atoms with van der Waals surface area (Å²) in [5, 5.41) is 16.6. The van der Waals surface area contributed by atoms with Crippen molar-refractivity contribution in [1.82, 2.24) is 35.1 Å². The fraction of sp³-hybridized carbons (Fsp3) is 0.500. The highest BCUT2D eigenvalue weighted by atomic mass is 19.1. The average molecular weight is 1030 g/mol. The Morgan fingerprint density at radius 2 is 1.77 bits per heavy atom. The smallest absolute Gasteiger partial charge is 0.324 e. The van der Waals surface area contributed by atoms with Gasteiger partial charge in [0.1, 0.15) is 41.9 Å². The number of anilines is 1. The lowest BCUT2D eigenvalue weighted by atomic mass is 9.67. The molecule has 10 rings (SSSR count). The summed E-state index contributed by atoms with van der Waals surface area (Å²) in [6.45, 7) is 14.4. The SMILES string of the molecule is CCn1c2c3c4cc(c(F)cc41)-c1cc(O)cc(c1)C[C@H](NC(=O)[C@H](C(C)C)N(C)C(=O)[C@@H]1OCC[C@@H]1c1ccccc1)C(=O)N1CCC[C@H](N1)C(=O)OCC(C)(C)C3[C@H](OC)c1ncc(N3CCN(C)CC3)cc1-2. The van der Waals surface area contributed by atoms with Crippen molar-refractivity contribution >= 4 is 40.3 Å². The number of esters is 1. The molecule has 4 aliphatic heterocycles. The number of rotatable bonds is 9. The Bertz CT molecular complexity index is 2990. The monoisotopic (exact) mass is 1030 g/mol. The molecule has 3 aromatic carbocycles. The summed E-state index contributed by atoms with van der Waals surface area (Å²) in [5.74, 6) is -3.70. The number of phenolic OH excluding ortho intramolecular Hbond substituents is 1. The molecule has 398 valence electrons. The number of hydrogen-bond donors (Lipinski definition) is 3. The van der Waals surface area contributed by atoms with E-state index in [0.29, 0.717) is 49.1 Å². The zero-order valence-electron chi connectivity index (χ0n) is 44.4. The predicted molar refractivity (Wildman–Crippen MR) is 283 cm³/mol. The summed E-state index contributed by atoms with van der Waals surface area (Å²) in [7, 11) is 5.38. The number of aromatic hydroxyl groups is 1. The third-order valence-corrected chi connectivity index (χ3v) is 16.4. The Balaban J connectivity index is 1.07. The largest absolute Gasteiger partial charge is 0.508 e. The van der Waals surface area contributed by atoms with Crippen LogP contribution in [0.5, 0.6) is 5.75 Å². The van der Waals surface area contributed by atoms with Gasteiger partial charge in [0.15, 0.2) is 0 Å². The molecule has 3 saturated heterocycles. The van der Waals surface area contributed by atoms with E-state index in [1.54, 1.807) is 26.3 Å². The first-order valence-corrected chi connectivity index (χ1v) is 26.6. The predicted octanol–water partition coefficient (Wildman–Crippen LogP) is 6.93. The van der Waals surface area contributed by atoms with Gasteiger partial charge in [-0.15, -0.1) is 0 Å². The average Bonchev–Trinajstić information content (AvgIpc) is 4.06. The molecule has 17 heteroatoms. The Labute approximate surface area is 438 Å². The molecule has 75 heavy (non-hydrogen) atoms. The van der Waals surface area contributed by atoms with Crippen LogP contribution in [0.15, 0.2) is 72.9 Å². The van der Waals surface area contributed by atoms with Crippen LogP contribution in [0.25, 0.3) is 33.3 Å². The van der Waals surface area contributed by atoms with E-state index in [-0.39, 0.29) is 48.6 Å². The number of nitrogens with zero attached hydrogens (tertiary/aromatic N) is 6.